The number of aromatic nitrogens is 1. The van der Waals surface area contributed by atoms with Crippen molar-refractivity contribution in [3.63, 3.8) is 0 Å². The monoisotopic (exact) mass is 416 g/mol. The average molecular weight is 416 g/mol. The maximum Gasteiger partial charge on any atom is 0.325 e. The maximum atomic E-state index is 12.4. The van der Waals surface area contributed by atoms with Crippen LogP contribution in [-0.4, -0.2) is 44.4 Å². The fraction of sp³-hybridized carbons (Fsp3) is 0.250. The molecule has 0 fully saturated rings. The highest BCUT2D eigenvalue weighted by atomic mass is 32.1. The van der Waals surface area contributed by atoms with E-state index in [1.807, 2.05) is 18.2 Å². The van der Waals surface area contributed by atoms with Crippen molar-refractivity contribution < 1.29 is 28.5 Å². The lowest BCUT2D eigenvalue weighted by Gasteiger charge is -2.09. The number of thiazole rings is 1. The fourth-order valence-corrected chi connectivity index (χ4v) is 3.69. The quantitative estimate of drug-likeness (QED) is 0.550. The Morgan fingerprint density at radius 1 is 1.03 bits per heavy atom. The van der Waals surface area contributed by atoms with E-state index in [4.69, 9.17) is 18.9 Å². The summed E-state index contributed by atoms with van der Waals surface area (Å²) in [5.41, 5.74) is 0.675. The molecule has 0 spiro atoms. The van der Waals surface area contributed by atoms with Gasteiger partial charge in [-0.1, -0.05) is 29.5 Å². The summed E-state index contributed by atoms with van der Waals surface area (Å²) in [6.45, 7) is -0.319. The summed E-state index contributed by atoms with van der Waals surface area (Å²) >= 11 is 1.25. The summed E-state index contributed by atoms with van der Waals surface area (Å²) in [6, 6.07) is 12.5. The zero-order chi connectivity index (χ0) is 20.8. The zero-order valence-electron chi connectivity index (χ0n) is 16.2. The number of nitrogens with zero attached hydrogens (tertiary/aromatic N) is 2. The molecule has 3 aromatic rings. The summed E-state index contributed by atoms with van der Waals surface area (Å²) in [4.78, 5) is 28.7. The van der Waals surface area contributed by atoms with E-state index in [0.29, 0.717) is 27.6 Å². The predicted molar refractivity (Wildman–Crippen MR) is 107 cm³/mol. The van der Waals surface area contributed by atoms with Crippen LogP contribution in [0.1, 0.15) is 0 Å². The van der Waals surface area contributed by atoms with Gasteiger partial charge in [0.05, 0.1) is 31.5 Å². The van der Waals surface area contributed by atoms with Gasteiger partial charge in [0.2, 0.25) is 0 Å². The lowest BCUT2D eigenvalue weighted by molar-refractivity contribution is -0.141. The first kappa shape index (κ1) is 20.4. The van der Waals surface area contributed by atoms with Crippen LogP contribution in [0.5, 0.6) is 17.2 Å². The van der Waals surface area contributed by atoms with E-state index >= 15 is 0 Å². The Morgan fingerprint density at radius 2 is 1.72 bits per heavy atom. The number of rotatable bonds is 7. The van der Waals surface area contributed by atoms with Crippen LogP contribution in [0.3, 0.4) is 0 Å². The zero-order valence-corrected chi connectivity index (χ0v) is 17.0. The molecule has 9 heteroatoms. The van der Waals surface area contributed by atoms with Gasteiger partial charge in [0.1, 0.15) is 12.3 Å². The van der Waals surface area contributed by atoms with Crippen LogP contribution < -0.4 is 19.0 Å². The van der Waals surface area contributed by atoms with Crippen molar-refractivity contribution in [2.75, 3.05) is 27.9 Å². The molecule has 1 amide bonds. The molecule has 152 valence electrons. The minimum Gasteiger partial charge on any atom is -0.493 e. The Labute approximate surface area is 170 Å². The third-order valence-electron chi connectivity index (χ3n) is 4.03. The van der Waals surface area contributed by atoms with Crippen molar-refractivity contribution in [2.24, 2.45) is 4.99 Å². The standard InChI is InChI=1S/C20H20N2O6S/c1-25-15-9-14-17(10-16(15)26-2)29-20(22(14)11-19(24)27-3)21-18(23)12-28-13-7-5-4-6-8-13/h4-10H,11-12H2,1-3H3. The molecule has 0 aliphatic heterocycles. The van der Waals surface area contributed by atoms with Gasteiger partial charge in [0.25, 0.3) is 5.91 Å². The molecule has 0 radical (unpaired) electrons. The van der Waals surface area contributed by atoms with Crippen LogP contribution in [0.4, 0.5) is 0 Å². The first-order valence-corrected chi connectivity index (χ1v) is 9.45. The van der Waals surface area contributed by atoms with Crippen LogP contribution in [0, 0.1) is 0 Å². The summed E-state index contributed by atoms with van der Waals surface area (Å²) in [5.74, 6) is 0.676. The normalized spacial score (nSPS) is 11.3. The van der Waals surface area contributed by atoms with Gasteiger partial charge < -0.3 is 23.5 Å². The number of ether oxygens (including phenoxy) is 4. The van der Waals surface area contributed by atoms with Crippen molar-refractivity contribution >= 4 is 33.4 Å². The van der Waals surface area contributed by atoms with E-state index in [-0.39, 0.29) is 13.2 Å². The van der Waals surface area contributed by atoms with Gasteiger partial charge in [-0.25, -0.2) is 0 Å². The number of amides is 1. The van der Waals surface area contributed by atoms with Crippen LogP contribution in [-0.2, 0) is 20.9 Å². The van der Waals surface area contributed by atoms with E-state index in [9.17, 15) is 9.59 Å². The predicted octanol–water partition coefficient (Wildman–Crippen LogP) is 2.40. The second kappa shape index (κ2) is 9.24. The van der Waals surface area contributed by atoms with E-state index in [2.05, 4.69) is 4.99 Å². The maximum absolute atomic E-state index is 12.4. The molecule has 8 nitrogen and oxygen atoms in total. The Bertz CT molecular complexity index is 1090. The van der Waals surface area contributed by atoms with Crippen molar-refractivity contribution in [3.05, 3.63) is 47.3 Å². The molecular weight excluding hydrogens is 396 g/mol. The first-order valence-electron chi connectivity index (χ1n) is 8.63. The van der Waals surface area contributed by atoms with E-state index in [1.54, 1.807) is 28.8 Å². The third-order valence-corrected chi connectivity index (χ3v) is 5.07. The molecule has 0 bridgehead atoms. The SMILES string of the molecule is COC(=O)Cn1c(=NC(=O)COc2ccccc2)sc2cc(OC)c(OC)cc21. The highest BCUT2D eigenvalue weighted by Crippen LogP contribution is 2.33. The van der Waals surface area contributed by atoms with Gasteiger partial charge in [-0.3, -0.25) is 9.59 Å². The largest absolute Gasteiger partial charge is 0.493 e. The molecule has 0 saturated carbocycles. The highest BCUT2D eigenvalue weighted by Gasteiger charge is 2.15. The van der Waals surface area contributed by atoms with Crippen LogP contribution in [0.15, 0.2) is 47.5 Å². The van der Waals surface area contributed by atoms with E-state index in [0.717, 1.165) is 4.70 Å². The summed E-state index contributed by atoms with van der Waals surface area (Å²) in [7, 11) is 4.36. The molecule has 1 aromatic heterocycles. The molecule has 0 N–H and O–H groups in total. The number of fused-ring (bicyclic) bond motifs is 1. The summed E-state index contributed by atoms with van der Waals surface area (Å²) in [6.07, 6.45) is 0. The molecule has 2 aromatic carbocycles. The lowest BCUT2D eigenvalue weighted by atomic mass is 10.3. The second-order valence-electron chi connectivity index (χ2n) is 5.83. The molecule has 29 heavy (non-hydrogen) atoms. The molecule has 0 aliphatic rings. The molecule has 1 heterocycles. The topological polar surface area (TPSA) is 88.4 Å². The Balaban J connectivity index is 2.00. The minimum atomic E-state index is -0.474. The number of hydrogen-bond donors (Lipinski definition) is 0. The Morgan fingerprint density at radius 3 is 2.38 bits per heavy atom. The molecule has 0 saturated heterocycles. The van der Waals surface area contributed by atoms with Crippen LogP contribution >= 0.6 is 11.3 Å². The molecular formula is C20H20N2O6S. The lowest BCUT2D eigenvalue weighted by Crippen LogP contribution is -2.23. The number of methoxy groups -OCH3 is 3. The number of carbonyl (C=O) groups is 2. The Kier molecular flexibility index (Phi) is 6.50. The van der Waals surface area contributed by atoms with E-state index < -0.39 is 11.9 Å². The number of para-hydroxylation sites is 1. The van der Waals surface area contributed by atoms with Gasteiger partial charge >= 0.3 is 5.97 Å². The number of carbonyl (C=O) groups excluding carboxylic acids is 2. The van der Waals surface area contributed by atoms with Crippen LogP contribution in [0.2, 0.25) is 0 Å². The van der Waals surface area contributed by atoms with Crippen molar-refractivity contribution in [1.82, 2.24) is 4.57 Å². The summed E-state index contributed by atoms with van der Waals surface area (Å²) in [5, 5.41) is 0. The molecule has 3 rings (SSSR count). The van der Waals surface area contributed by atoms with Gasteiger partial charge in [0, 0.05) is 12.1 Å². The smallest absolute Gasteiger partial charge is 0.325 e. The Hall–Kier alpha value is -3.33. The van der Waals surface area contributed by atoms with Gasteiger partial charge in [0.15, 0.2) is 22.9 Å². The van der Waals surface area contributed by atoms with Gasteiger partial charge in [-0.15, -0.1) is 0 Å². The molecule has 0 unspecified atom stereocenters. The highest BCUT2D eigenvalue weighted by molar-refractivity contribution is 7.16. The number of esters is 1. The fourth-order valence-electron chi connectivity index (χ4n) is 2.63. The van der Waals surface area contributed by atoms with Crippen molar-refractivity contribution in [3.8, 4) is 17.2 Å². The van der Waals surface area contributed by atoms with Crippen molar-refractivity contribution in [2.45, 2.75) is 6.54 Å². The summed E-state index contributed by atoms with van der Waals surface area (Å²) < 4.78 is 23.3. The minimum absolute atomic E-state index is 0.0996. The van der Waals surface area contributed by atoms with Gasteiger partial charge in [-0.2, -0.15) is 4.99 Å². The second-order valence-corrected chi connectivity index (χ2v) is 6.84. The van der Waals surface area contributed by atoms with E-state index in [1.165, 1.54) is 32.7 Å². The number of hydrogen-bond acceptors (Lipinski definition) is 7. The molecule has 0 atom stereocenters. The van der Waals surface area contributed by atoms with Crippen LogP contribution in [0.25, 0.3) is 10.2 Å². The third kappa shape index (κ3) is 4.75. The first-order chi connectivity index (χ1) is 14.0. The van der Waals surface area contributed by atoms with Crippen molar-refractivity contribution in [1.29, 1.82) is 0 Å². The number of benzene rings is 2. The van der Waals surface area contributed by atoms with Gasteiger partial charge in [-0.05, 0) is 12.1 Å². The average Bonchev–Trinajstić information content (AvgIpc) is 3.07. The molecule has 0 aliphatic carbocycles.